The Balaban J connectivity index is 1.69. The quantitative estimate of drug-likeness (QED) is 0.691. The minimum Gasteiger partial charge on any atom is -0.484 e. The van der Waals surface area contributed by atoms with Crippen LogP contribution in [0.2, 0.25) is 0 Å². The molecule has 1 aliphatic heterocycles. The first-order valence-corrected chi connectivity index (χ1v) is 9.96. The Morgan fingerprint density at radius 2 is 1.74 bits per heavy atom. The Bertz CT molecular complexity index is 895. The number of rotatable bonds is 6. The largest absolute Gasteiger partial charge is 0.484 e. The van der Waals surface area contributed by atoms with Gasteiger partial charge >= 0.3 is 6.18 Å². The van der Waals surface area contributed by atoms with E-state index in [-0.39, 0.29) is 17.1 Å². The molecule has 2 aromatic carbocycles. The molecule has 0 aliphatic carbocycles. The van der Waals surface area contributed by atoms with Crippen LogP contribution < -0.4 is 15.0 Å². The summed E-state index contributed by atoms with van der Waals surface area (Å²) in [5.41, 5.74) is 1.81. The number of benzene rings is 2. The second-order valence-corrected chi connectivity index (χ2v) is 7.62. The van der Waals surface area contributed by atoms with Gasteiger partial charge in [0.2, 0.25) is 0 Å². The van der Waals surface area contributed by atoms with Crippen molar-refractivity contribution in [3.8, 4) is 5.75 Å². The monoisotopic (exact) mass is 439 g/mol. The molecule has 1 fully saturated rings. The lowest BCUT2D eigenvalue weighted by atomic mass is 10.0. The van der Waals surface area contributed by atoms with E-state index in [1.807, 2.05) is 7.05 Å². The second-order valence-electron chi connectivity index (χ2n) is 7.62. The maximum atomic E-state index is 14.0. The predicted octanol–water partition coefficient (Wildman–Crippen LogP) is 4.01. The van der Waals surface area contributed by atoms with Crippen molar-refractivity contribution in [2.75, 3.05) is 44.7 Å². The molecule has 1 amide bonds. The molecule has 0 radical (unpaired) electrons. The van der Waals surface area contributed by atoms with Crippen molar-refractivity contribution in [1.82, 2.24) is 10.2 Å². The predicted molar refractivity (Wildman–Crippen MR) is 110 cm³/mol. The van der Waals surface area contributed by atoms with E-state index in [4.69, 9.17) is 0 Å². The molecular formula is C22H25F4N3O2. The number of hydrogen-bond donors (Lipinski definition) is 1. The number of carbonyl (C=O) groups is 1. The van der Waals surface area contributed by atoms with Crippen LogP contribution in [0.25, 0.3) is 0 Å². The molecule has 5 nitrogen and oxygen atoms in total. The minimum atomic E-state index is -4.43. The van der Waals surface area contributed by atoms with Crippen molar-refractivity contribution in [2.24, 2.45) is 0 Å². The van der Waals surface area contributed by atoms with Crippen molar-refractivity contribution in [3.63, 3.8) is 0 Å². The van der Waals surface area contributed by atoms with E-state index >= 15 is 0 Å². The van der Waals surface area contributed by atoms with Crippen LogP contribution in [-0.2, 0) is 0 Å². The standard InChI is InChI=1S/C22H25F4N3O2/c1-15(19-13-17(23)5-8-20(19)29-11-9-28(2)10-12-29)27-21(30)16-3-6-18(7-4-16)31-14-22(24,25)26/h3-8,13,15H,9-12,14H2,1-2H3,(H,27,30). The molecule has 0 saturated carbocycles. The van der Waals surface area contributed by atoms with Crippen LogP contribution in [0.3, 0.4) is 0 Å². The smallest absolute Gasteiger partial charge is 0.422 e. The number of hydrogen-bond acceptors (Lipinski definition) is 4. The minimum absolute atomic E-state index is 0.0180. The van der Waals surface area contributed by atoms with Gasteiger partial charge in [0.15, 0.2) is 6.61 Å². The van der Waals surface area contributed by atoms with Crippen molar-refractivity contribution >= 4 is 11.6 Å². The van der Waals surface area contributed by atoms with E-state index in [0.29, 0.717) is 5.56 Å². The summed E-state index contributed by atoms with van der Waals surface area (Å²) >= 11 is 0. The van der Waals surface area contributed by atoms with E-state index in [9.17, 15) is 22.4 Å². The highest BCUT2D eigenvalue weighted by atomic mass is 19.4. The van der Waals surface area contributed by atoms with Gasteiger partial charge in [0.1, 0.15) is 11.6 Å². The molecule has 1 saturated heterocycles. The lowest BCUT2D eigenvalue weighted by Gasteiger charge is -2.36. The van der Waals surface area contributed by atoms with Gasteiger partial charge in [0.05, 0.1) is 6.04 Å². The summed E-state index contributed by atoms with van der Waals surface area (Å²) in [4.78, 5) is 17.0. The molecule has 1 atom stereocenters. The van der Waals surface area contributed by atoms with Gasteiger partial charge in [-0.1, -0.05) is 0 Å². The number of likely N-dealkylation sites (N-methyl/N-ethyl adjacent to an activating group) is 1. The fourth-order valence-electron chi connectivity index (χ4n) is 3.43. The van der Waals surface area contributed by atoms with Gasteiger partial charge in [0.25, 0.3) is 5.91 Å². The molecule has 1 heterocycles. The van der Waals surface area contributed by atoms with E-state index < -0.39 is 24.7 Å². The van der Waals surface area contributed by atoms with E-state index in [1.165, 1.54) is 36.4 Å². The van der Waals surface area contributed by atoms with Crippen LogP contribution in [0.5, 0.6) is 5.75 Å². The third-order valence-corrected chi connectivity index (χ3v) is 5.17. The Morgan fingerprint density at radius 3 is 2.35 bits per heavy atom. The number of nitrogens with one attached hydrogen (secondary N) is 1. The van der Waals surface area contributed by atoms with Crippen molar-refractivity contribution in [3.05, 3.63) is 59.4 Å². The highest BCUT2D eigenvalue weighted by Crippen LogP contribution is 2.28. The molecule has 0 bridgehead atoms. The van der Waals surface area contributed by atoms with Crippen LogP contribution in [0.1, 0.15) is 28.9 Å². The third kappa shape index (κ3) is 6.33. The molecule has 2 aromatic rings. The van der Waals surface area contributed by atoms with Crippen LogP contribution in [-0.4, -0.2) is 56.8 Å². The maximum absolute atomic E-state index is 14.0. The van der Waals surface area contributed by atoms with Gasteiger partial charge < -0.3 is 19.9 Å². The Hall–Kier alpha value is -2.81. The first-order chi connectivity index (χ1) is 14.6. The number of piperazine rings is 1. The Kier molecular flexibility index (Phi) is 7.04. The van der Waals surface area contributed by atoms with Crippen molar-refractivity contribution in [1.29, 1.82) is 0 Å². The summed E-state index contributed by atoms with van der Waals surface area (Å²) in [5, 5.41) is 2.84. The first kappa shape index (κ1) is 22.9. The number of ether oxygens (including phenoxy) is 1. The summed E-state index contributed by atoms with van der Waals surface area (Å²) < 4.78 is 55.4. The lowest BCUT2D eigenvalue weighted by Crippen LogP contribution is -2.45. The molecule has 9 heteroatoms. The molecule has 1 unspecified atom stereocenters. The highest BCUT2D eigenvalue weighted by molar-refractivity contribution is 5.94. The summed E-state index contributed by atoms with van der Waals surface area (Å²) in [6.07, 6.45) is -4.43. The molecule has 1 aliphatic rings. The van der Waals surface area contributed by atoms with Gasteiger partial charge in [-0.3, -0.25) is 4.79 Å². The van der Waals surface area contributed by atoms with Gasteiger partial charge in [-0.05, 0) is 56.4 Å². The van der Waals surface area contributed by atoms with Crippen LogP contribution in [0.15, 0.2) is 42.5 Å². The number of halogens is 4. The van der Waals surface area contributed by atoms with E-state index in [2.05, 4.69) is 19.9 Å². The fraction of sp³-hybridized carbons (Fsp3) is 0.409. The van der Waals surface area contributed by atoms with Gasteiger partial charge in [-0.25, -0.2) is 4.39 Å². The number of nitrogens with zero attached hydrogens (tertiary/aromatic N) is 2. The SMILES string of the molecule is CC(NC(=O)c1ccc(OCC(F)(F)F)cc1)c1cc(F)ccc1N1CCN(C)CC1. The molecule has 0 aromatic heterocycles. The molecule has 31 heavy (non-hydrogen) atoms. The summed E-state index contributed by atoms with van der Waals surface area (Å²) in [7, 11) is 2.05. The second kappa shape index (κ2) is 9.55. The van der Waals surface area contributed by atoms with Crippen LogP contribution >= 0.6 is 0 Å². The van der Waals surface area contributed by atoms with Crippen molar-refractivity contribution < 1.29 is 27.1 Å². The maximum Gasteiger partial charge on any atom is 0.422 e. The summed E-state index contributed by atoms with van der Waals surface area (Å²) in [5.74, 6) is -0.784. The Morgan fingerprint density at radius 1 is 1.10 bits per heavy atom. The van der Waals surface area contributed by atoms with E-state index in [0.717, 1.165) is 31.9 Å². The lowest BCUT2D eigenvalue weighted by molar-refractivity contribution is -0.153. The zero-order valence-corrected chi connectivity index (χ0v) is 17.4. The molecule has 168 valence electrons. The molecule has 1 N–H and O–H groups in total. The number of anilines is 1. The van der Waals surface area contributed by atoms with E-state index in [1.54, 1.807) is 13.0 Å². The van der Waals surface area contributed by atoms with Crippen LogP contribution in [0.4, 0.5) is 23.2 Å². The van der Waals surface area contributed by atoms with Gasteiger partial charge in [-0.15, -0.1) is 0 Å². The topological polar surface area (TPSA) is 44.8 Å². The van der Waals surface area contributed by atoms with Crippen molar-refractivity contribution in [2.45, 2.75) is 19.1 Å². The first-order valence-electron chi connectivity index (χ1n) is 9.96. The number of alkyl halides is 3. The van der Waals surface area contributed by atoms with Crippen LogP contribution in [0, 0.1) is 5.82 Å². The number of amides is 1. The molecular weight excluding hydrogens is 414 g/mol. The molecule has 0 spiro atoms. The summed E-state index contributed by atoms with van der Waals surface area (Å²) in [6, 6.07) is 9.48. The van der Waals surface area contributed by atoms with Gasteiger partial charge in [0, 0.05) is 43.0 Å². The zero-order chi connectivity index (χ0) is 22.6. The average molecular weight is 439 g/mol. The average Bonchev–Trinajstić information content (AvgIpc) is 2.72. The normalized spacial score (nSPS) is 16.1. The number of carbonyl (C=O) groups excluding carboxylic acids is 1. The highest BCUT2D eigenvalue weighted by Gasteiger charge is 2.28. The van der Waals surface area contributed by atoms with Gasteiger partial charge in [-0.2, -0.15) is 13.2 Å². The third-order valence-electron chi connectivity index (χ3n) is 5.17. The zero-order valence-electron chi connectivity index (χ0n) is 17.4. The Labute approximate surface area is 178 Å². The fourth-order valence-corrected chi connectivity index (χ4v) is 3.43. The summed E-state index contributed by atoms with van der Waals surface area (Å²) in [6.45, 7) is 3.75. The molecule has 3 rings (SSSR count).